The standard InChI is InChI=1S/C27H34N6O6S/c1-16(2)30(5)23(35)18(4)32-24(36)22-17(3)25(33-28-11-12-29-33)40-26(22)31(27(32)37)15-21(39-14-13-34)19-9-7-8-10-20(19)38-6/h7-12,16,18,21,34H,13-15H2,1-6H3/t18?,21-/m0/s1. The molecule has 0 radical (unpaired) electrons. The Morgan fingerprint density at radius 2 is 1.82 bits per heavy atom. The van der Waals surface area contributed by atoms with Crippen LogP contribution in [0.1, 0.15) is 44.0 Å². The van der Waals surface area contributed by atoms with E-state index in [1.54, 1.807) is 27.0 Å². The summed E-state index contributed by atoms with van der Waals surface area (Å²) >= 11 is 1.20. The predicted molar refractivity (Wildman–Crippen MR) is 151 cm³/mol. The number of methoxy groups -OCH3 is 1. The first kappa shape index (κ1) is 29.2. The summed E-state index contributed by atoms with van der Waals surface area (Å²) in [5, 5.41) is 18.8. The highest BCUT2D eigenvalue weighted by atomic mass is 32.1. The molecule has 0 saturated carbocycles. The van der Waals surface area contributed by atoms with Gasteiger partial charge in [-0.25, -0.2) is 9.36 Å². The number of carbonyl (C=O) groups excluding carboxylic acids is 1. The van der Waals surface area contributed by atoms with E-state index in [0.717, 1.165) is 4.57 Å². The number of fused-ring (bicyclic) bond motifs is 1. The molecule has 0 fully saturated rings. The Bertz CT molecular complexity index is 1610. The van der Waals surface area contributed by atoms with Crippen LogP contribution < -0.4 is 16.0 Å². The molecule has 2 atom stereocenters. The van der Waals surface area contributed by atoms with Crippen LogP contribution in [0.3, 0.4) is 0 Å². The molecule has 0 aliphatic heterocycles. The number of rotatable bonds is 11. The molecule has 0 aliphatic rings. The summed E-state index contributed by atoms with van der Waals surface area (Å²) in [5.41, 5.74) is 0.0450. The third kappa shape index (κ3) is 5.31. The number of aliphatic hydroxyl groups excluding tert-OH is 1. The fourth-order valence-electron chi connectivity index (χ4n) is 4.56. The molecular weight excluding hydrogens is 536 g/mol. The van der Waals surface area contributed by atoms with Crippen molar-refractivity contribution in [1.29, 1.82) is 0 Å². The minimum atomic E-state index is -1.06. The van der Waals surface area contributed by atoms with Crippen LogP contribution >= 0.6 is 11.3 Å². The molecule has 0 saturated heterocycles. The molecule has 4 aromatic rings. The maximum absolute atomic E-state index is 14.1. The van der Waals surface area contributed by atoms with Crippen molar-refractivity contribution >= 4 is 27.5 Å². The zero-order valence-corrected chi connectivity index (χ0v) is 24.2. The largest absolute Gasteiger partial charge is 0.496 e. The molecule has 3 heterocycles. The van der Waals surface area contributed by atoms with Gasteiger partial charge in [-0.3, -0.25) is 14.2 Å². The van der Waals surface area contributed by atoms with E-state index in [1.165, 1.54) is 45.1 Å². The number of hydrogen-bond donors (Lipinski definition) is 1. The van der Waals surface area contributed by atoms with Gasteiger partial charge in [0.1, 0.15) is 27.7 Å². The van der Waals surface area contributed by atoms with E-state index in [-0.39, 0.29) is 31.7 Å². The average molecular weight is 571 g/mol. The molecule has 1 unspecified atom stereocenters. The zero-order chi connectivity index (χ0) is 29.1. The van der Waals surface area contributed by atoms with Gasteiger partial charge in [0.25, 0.3) is 5.56 Å². The van der Waals surface area contributed by atoms with E-state index in [0.29, 0.717) is 32.1 Å². The van der Waals surface area contributed by atoms with E-state index < -0.39 is 23.4 Å². The lowest BCUT2D eigenvalue weighted by Crippen LogP contribution is -2.47. The Kier molecular flexibility index (Phi) is 8.86. The van der Waals surface area contributed by atoms with Crippen LogP contribution in [-0.2, 0) is 16.1 Å². The summed E-state index contributed by atoms with van der Waals surface area (Å²) in [6.07, 6.45) is 2.34. The van der Waals surface area contributed by atoms with Gasteiger partial charge in [0.15, 0.2) is 0 Å². The van der Waals surface area contributed by atoms with E-state index in [4.69, 9.17) is 9.47 Å². The van der Waals surface area contributed by atoms with E-state index >= 15 is 0 Å². The predicted octanol–water partition coefficient (Wildman–Crippen LogP) is 2.30. The van der Waals surface area contributed by atoms with Gasteiger partial charge in [-0.2, -0.15) is 10.2 Å². The second kappa shape index (κ2) is 12.1. The fourth-order valence-corrected chi connectivity index (χ4v) is 5.78. The number of aromatic nitrogens is 5. The van der Waals surface area contributed by atoms with Gasteiger partial charge in [-0.05, 0) is 33.8 Å². The summed E-state index contributed by atoms with van der Waals surface area (Å²) < 4.78 is 14.0. The van der Waals surface area contributed by atoms with Crippen molar-refractivity contribution in [3.8, 4) is 10.8 Å². The lowest BCUT2D eigenvalue weighted by molar-refractivity contribution is -0.134. The molecule has 0 aliphatic carbocycles. The van der Waals surface area contributed by atoms with Crippen LogP contribution in [0.2, 0.25) is 0 Å². The van der Waals surface area contributed by atoms with Crippen molar-refractivity contribution in [2.75, 3.05) is 27.4 Å². The maximum atomic E-state index is 14.1. The number of aryl methyl sites for hydroxylation is 1. The summed E-state index contributed by atoms with van der Waals surface area (Å²) in [6.45, 7) is 6.82. The van der Waals surface area contributed by atoms with Crippen LogP contribution in [0.5, 0.6) is 5.75 Å². The number of ether oxygens (including phenoxy) is 2. The Morgan fingerprint density at radius 3 is 2.45 bits per heavy atom. The molecule has 214 valence electrons. The number of nitrogens with zero attached hydrogens (tertiary/aromatic N) is 6. The molecule has 13 heteroatoms. The first-order valence-electron chi connectivity index (χ1n) is 12.9. The number of carbonyl (C=O) groups is 1. The van der Waals surface area contributed by atoms with Crippen molar-refractivity contribution in [3.63, 3.8) is 0 Å². The molecule has 0 spiro atoms. The number of hydrogen-bond acceptors (Lipinski definition) is 9. The Morgan fingerprint density at radius 1 is 1.15 bits per heavy atom. The Labute approximate surface area is 235 Å². The molecule has 4 rings (SSSR count). The fraction of sp³-hybridized carbons (Fsp3) is 0.444. The van der Waals surface area contributed by atoms with Gasteiger partial charge in [0.05, 0.1) is 44.6 Å². The number of likely N-dealkylation sites (N-methyl/N-ethyl adjacent to an activating group) is 1. The summed E-state index contributed by atoms with van der Waals surface area (Å²) in [5.74, 6) is 0.189. The van der Waals surface area contributed by atoms with Gasteiger partial charge >= 0.3 is 5.69 Å². The summed E-state index contributed by atoms with van der Waals surface area (Å²) in [7, 11) is 3.18. The van der Waals surface area contributed by atoms with Crippen LogP contribution in [0.4, 0.5) is 0 Å². The SMILES string of the molecule is COc1ccccc1[C@H](Cn1c(=O)n(C(C)C(=O)N(C)C(C)C)c(=O)c2c(C)c(-n3nccn3)sc21)OCCO. The maximum Gasteiger partial charge on any atom is 0.332 e. The minimum absolute atomic E-state index is 0.0111. The van der Waals surface area contributed by atoms with Gasteiger partial charge in [0, 0.05) is 24.2 Å². The van der Waals surface area contributed by atoms with Crippen LogP contribution in [0, 0.1) is 6.92 Å². The van der Waals surface area contributed by atoms with Crippen molar-refractivity contribution in [2.24, 2.45) is 0 Å². The molecule has 3 aromatic heterocycles. The normalized spacial score (nSPS) is 13.1. The second-order valence-corrected chi connectivity index (χ2v) is 10.6. The molecule has 40 heavy (non-hydrogen) atoms. The molecule has 0 bridgehead atoms. The van der Waals surface area contributed by atoms with Gasteiger partial charge in [-0.1, -0.05) is 29.5 Å². The Balaban J connectivity index is 1.99. The van der Waals surface area contributed by atoms with Crippen molar-refractivity contribution < 1.29 is 19.4 Å². The third-order valence-electron chi connectivity index (χ3n) is 6.93. The minimum Gasteiger partial charge on any atom is -0.496 e. The highest BCUT2D eigenvalue weighted by molar-refractivity contribution is 7.21. The van der Waals surface area contributed by atoms with Crippen LogP contribution in [0.15, 0.2) is 46.2 Å². The second-order valence-electron chi connectivity index (χ2n) is 9.64. The number of thiophene rings is 1. The van der Waals surface area contributed by atoms with E-state index in [9.17, 15) is 19.5 Å². The van der Waals surface area contributed by atoms with Crippen LogP contribution in [0.25, 0.3) is 15.2 Å². The number of para-hydroxylation sites is 1. The highest BCUT2D eigenvalue weighted by Gasteiger charge is 2.30. The van der Waals surface area contributed by atoms with E-state index in [2.05, 4.69) is 10.2 Å². The first-order chi connectivity index (χ1) is 19.1. The monoisotopic (exact) mass is 570 g/mol. The summed E-state index contributed by atoms with van der Waals surface area (Å²) in [4.78, 5) is 44.7. The van der Waals surface area contributed by atoms with Crippen molar-refractivity contribution in [3.05, 3.63) is 68.6 Å². The first-order valence-corrected chi connectivity index (χ1v) is 13.7. The molecular formula is C27H34N6O6S. The molecule has 1 aromatic carbocycles. The smallest absolute Gasteiger partial charge is 0.332 e. The quantitative estimate of drug-likeness (QED) is 0.290. The third-order valence-corrected chi connectivity index (χ3v) is 8.21. The number of amides is 1. The zero-order valence-electron chi connectivity index (χ0n) is 23.4. The molecule has 1 N–H and O–H groups in total. The van der Waals surface area contributed by atoms with E-state index in [1.807, 2.05) is 32.0 Å². The number of benzene rings is 1. The molecule has 12 nitrogen and oxygen atoms in total. The van der Waals surface area contributed by atoms with Crippen molar-refractivity contribution in [1.82, 2.24) is 29.0 Å². The van der Waals surface area contributed by atoms with Gasteiger partial charge in [0.2, 0.25) is 5.91 Å². The highest BCUT2D eigenvalue weighted by Crippen LogP contribution is 2.33. The van der Waals surface area contributed by atoms with Crippen molar-refractivity contribution in [2.45, 2.75) is 52.4 Å². The number of aliphatic hydroxyl groups is 1. The van der Waals surface area contributed by atoms with Gasteiger partial charge in [-0.15, -0.1) is 4.80 Å². The average Bonchev–Trinajstić information content (AvgIpc) is 3.60. The topological polar surface area (TPSA) is 134 Å². The molecule has 1 amide bonds. The lowest BCUT2D eigenvalue weighted by Gasteiger charge is -2.27. The van der Waals surface area contributed by atoms with Gasteiger partial charge < -0.3 is 19.5 Å². The van der Waals surface area contributed by atoms with Crippen LogP contribution in [-0.4, -0.2) is 73.5 Å². The Hall–Kier alpha value is -3.81. The summed E-state index contributed by atoms with van der Waals surface area (Å²) in [6, 6.07) is 6.06. The lowest BCUT2D eigenvalue weighted by atomic mass is 10.1.